The molecule has 0 spiro atoms. The van der Waals surface area contributed by atoms with Crippen molar-refractivity contribution in [1.82, 2.24) is 9.97 Å². The lowest BCUT2D eigenvalue weighted by atomic mass is 10.3. The van der Waals surface area contributed by atoms with Crippen LogP contribution in [0.4, 0.5) is 17.3 Å². The molecule has 22 heavy (non-hydrogen) atoms. The van der Waals surface area contributed by atoms with Crippen LogP contribution in [0.15, 0.2) is 29.1 Å². The van der Waals surface area contributed by atoms with Crippen LogP contribution in [0, 0.1) is 10.1 Å². The number of methoxy groups -OCH3 is 1. The van der Waals surface area contributed by atoms with Gasteiger partial charge in [0, 0.05) is 13.2 Å². The molecule has 0 aromatic carbocycles. The van der Waals surface area contributed by atoms with Gasteiger partial charge >= 0.3 is 5.69 Å². The highest BCUT2D eigenvalue weighted by molar-refractivity contribution is 5.69. The summed E-state index contributed by atoms with van der Waals surface area (Å²) in [5.74, 6) is 0.921. The minimum absolute atomic E-state index is 0.128. The molecular weight excluding hydrogens is 290 g/mol. The van der Waals surface area contributed by atoms with Gasteiger partial charge in [-0.2, -0.15) is 0 Å². The Kier molecular flexibility index (Phi) is 5.26. The number of hydrogen-bond acceptors (Lipinski definition) is 8. The van der Waals surface area contributed by atoms with E-state index in [1.807, 2.05) is 6.92 Å². The van der Waals surface area contributed by atoms with Gasteiger partial charge < -0.3 is 19.8 Å². The standard InChI is InChI=1S/C13H17N5O4/c1-9(7-21-2)17-13-11(18(19)20)12(15-8-16-13)14-6-10-4-3-5-22-10/h3-5,8-9H,6-7H2,1-2H3,(H2,14,15,16,17). The largest absolute Gasteiger partial charge is 0.467 e. The number of nitro groups is 1. The molecule has 9 nitrogen and oxygen atoms in total. The van der Waals surface area contributed by atoms with Crippen molar-refractivity contribution in [3.05, 3.63) is 40.6 Å². The SMILES string of the molecule is COCC(C)Nc1ncnc(NCc2ccco2)c1[N+](=O)[O-]. The van der Waals surface area contributed by atoms with Crippen LogP contribution in [0.5, 0.6) is 0 Å². The lowest BCUT2D eigenvalue weighted by Crippen LogP contribution is -2.22. The molecule has 1 atom stereocenters. The van der Waals surface area contributed by atoms with Crippen LogP contribution >= 0.6 is 0 Å². The van der Waals surface area contributed by atoms with E-state index < -0.39 is 4.92 Å². The summed E-state index contributed by atoms with van der Waals surface area (Å²) in [6.07, 6.45) is 2.80. The molecule has 0 aliphatic carbocycles. The molecule has 0 radical (unpaired) electrons. The average Bonchev–Trinajstić information content (AvgIpc) is 2.98. The zero-order valence-electron chi connectivity index (χ0n) is 12.3. The molecule has 0 saturated heterocycles. The Morgan fingerprint density at radius 1 is 1.45 bits per heavy atom. The molecule has 2 aromatic rings. The first-order valence-corrected chi connectivity index (χ1v) is 6.63. The Balaban J connectivity index is 2.19. The van der Waals surface area contributed by atoms with Crippen molar-refractivity contribution in [1.29, 1.82) is 0 Å². The number of anilines is 2. The third-order valence-corrected chi connectivity index (χ3v) is 2.81. The third kappa shape index (κ3) is 3.92. The van der Waals surface area contributed by atoms with E-state index in [0.717, 1.165) is 0 Å². The summed E-state index contributed by atoms with van der Waals surface area (Å²) in [4.78, 5) is 18.7. The van der Waals surface area contributed by atoms with E-state index in [9.17, 15) is 10.1 Å². The average molecular weight is 307 g/mol. The summed E-state index contributed by atoms with van der Waals surface area (Å²) in [5, 5.41) is 17.2. The van der Waals surface area contributed by atoms with Gasteiger partial charge in [-0.1, -0.05) is 0 Å². The fourth-order valence-electron chi connectivity index (χ4n) is 1.90. The smallest absolute Gasteiger partial charge is 0.353 e. The number of rotatable bonds is 8. The van der Waals surface area contributed by atoms with Gasteiger partial charge in [0.25, 0.3) is 0 Å². The molecule has 118 valence electrons. The predicted molar refractivity (Wildman–Crippen MR) is 79.7 cm³/mol. The summed E-state index contributed by atoms with van der Waals surface area (Å²) in [6, 6.07) is 3.38. The van der Waals surface area contributed by atoms with E-state index in [0.29, 0.717) is 12.4 Å². The molecule has 0 aliphatic heterocycles. The number of nitrogens with zero attached hydrogens (tertiary/aromatic N) is 3. The first kappa shape index (κ1) is 15.7. The molecule has 0 amide bonds. The normalized spacial score (nSPS) is 11.9. The van der Waals surface area contributed by atoms with E-state index in [2.05, 4.69) is 20.6 Å². The lowest BCUT2D eigenvalue weighted by molar-refractivity contribution is -0.383. The second-order valence-electron chi connectivity index (χ2n) is 4.61. The molecule has 9 heteroatoms. The Bertz CT molecular complexity index is 617. The maximum atomic E-state index is 11.3. The van der Waals surface area contributed by atoms with Crippen molar-refractivity contribution >= 4 is 17.3 Å². The summed E-state index contributed by atoms with van der Waals surface area (Å²) in [6.45, 7) is 2.53. The molecule has 1 unspecified atom stereocenters. The number of ether oxygens (including phenoxy) is 1. The van der Waals surface area contributed by atoms with Crippen LogP contribution < -0.4 is 10.6 Å². The summed E-state index contributed by atoms with van der Waals surface area (Å²) < 4.78 is 10.2. The number of hydrogen-bond donors (Lipinski definition) is 2. The Hall–Kier alpha value is -2.68. The van der Waals surface area contributed by atoms with Crippen LogP contribution in [-0.4, -0.2) is 34.6 Å². The summed E-state index contributed by atoms with van der Waals surface area (Å²) >= 11 is 0. The third-order valence-electron chi connectivity index (χ3n) is 2.81. The van der Waals surface area contributed by atoms with Gasteiger partial charge in [0.2, 0.25) is 11.6 Å². The van der Waals surface area contributed by atoms with Crippen LogP contribution in [0.1, 0.15) is 12.7 Å². The molecule has 2 aromatic heterocycles. The Morgan fingerprint density at radius 3 is 2.86 bits per heavy atom. The van der Waals surface area contributed by atoms with Crippen LogP contribution in [0.2, 0.25) is 0 Å². The maximum absolute atomic E-state index is 11.3. The first-order chi connectivity index (χ1) is 10.6. The second-order valence-corrected chi connectivity index (χ2v) is 4.61. The highest BCUT2D eigenvalue weighted by atomic mass is 16.6. The zero-order valence-corrected chi connectivity index (χ0v) is 12.3. The molecule has 2 heterocycles. The molecule has 0 aliphatic rings. The molecule has 2 N–H and O–H groups in total. The van der Waals surface area contributed by atoms with E-state index in [4.69, 9.17) is 9.15 Å². The van der Waals surface area contributed by atoms with E-state index in [1.54, 1.807) is 19.2 Å². The predicted octanol–water partition coefficient (Wildman–Crippen LogP) is 2.04. The van der Waals surface area contributed by atoms with Crippen LogP contribution in [0.25, 0.3) is 0 Å². The van der Waals surface area contributed by atoms with Gasteiger partial charge in [-0.3, -0.25) is 10.1 Å². The van der Waals surface area contributed by atoms with Gasteiger partial charge in [0.05, 0.1) is 24.3 Å². The fourth-order valence-corrected chi connectivity index (χ4v) is 1.90. The minimum Gasteiger partial charge on any atom is -0.467 e. The monoisotopic (exact) mass is 307 g/mol. The van der Waals surface area contributed by atoms with Crippen molar-refractivity contribution in [3.63, 3.8) is 0 Å². The molecular formula is C13H17N5O4. The highest BCUT2D eigenvalue weighted by Crippen LogP contribution is 2.29. The highest BCUT2D eigenvalue weighted by Gasteiger charge is 2.24. The minimum atomic E-state index is -0.522. The summed E-state index contributed by atoms with van der Waals surface area (Å²) in [5.41, 5.74) is -0.211. The van der Waals surface area contributed by atoms with Crippen molar-refractivity contribution in [2.75, 3.05) is 24.4 Å². The van der Waals surface area contributed by atoms with Crippen molar-refractivity contribution in [3.8, 4) is 0 Å². The quantitative estimate of drug-likeness (QED) is 0.562. The van der Waals surface area contributed by atoms with E-state index in [1.165, 1.54) is 12.6 Å². The number of aromatic nitrogens is 2. The topological polar surface area (TPSA) is 115 Å². The van der Waals surface area contributed by atoms with E-state index >= 15 is 0 Å². The maximum Gasteiger partial charge on any atom is 0.353 e. The van der Waals surface area contributed by atoms with Crippen LogP contribution in [0.3, 0.4) is 0 Å². The molecule has 0 fully saturated rings. The Morgan fingerprint density at radius 2 is 2.23 bits per heavy atom. The van der Waals surface area contributed by atoms with Gasteiger partial charge in [0.15, 0.2) is 0 Å². The number of furan rings is 1. The van der Waals surface area contributed by atoms with Gasteiger partial charge in [-0.15, -0.1) is 0 Å². The van der Waals surface area contributed by atoms with Crippen molar-refractivity contribution in [2.45, 2.75) is 19.5 Å². The van der Waals surface area contributed by atoms with Crippen molar-refractivity contribution < 1.29 is 14.1 Å². The summed E-state index contributed by atoms with van der Waals surface area (Å²) in [7, 11) is 1.56. The molecule has 2 rings (SSSR count). The first-order valence-electron chi connectivity index (χ1n) is 6.63. The molecule has 0 bridgehead atoms. The fraction of sp³-hybridized carbons (Fsp3) is 0.385. The number of nitrogens with one attached hydrogen (secondary N) is 2. The van der Waals surface area contributed by atoms with Crippen molar-refractivity contribution in [2.24, 2.45) is 0 Å². The van der Waals surface area contributed by atoms with Gasteiger partial charge in [-0.05, 0) is 19.1 Å². The van der Waals surface area contributed by atoms with E-state index in [-0.39, 0.29) is 29.9 Å². The van der Waals surface area contributed by atoms with Gasteiger partial charge in [0.1, 0.15) is 12.1 Å². The lowest BCUT2D eigenvalue weighted by Gasteiger charge is -2.14. The Labute approximate surface area is 126 Å². The van der Waals surface area contributed by atoms with Gasteiger partial charge in [-0.25, -0.2) is 9.97 Å². The molecule has 0 saturated carbocycles. The zero-order chi connectivity index (χ0) is 15.9. The van der Waals surface area contributed by atoms with Crippen LogP contribution in [-0.2, 0) is 11.3 Å². The second kappa shape index (κ2) is 7.36.